The highest BCUT2D eigenvalue weighted by Gasteiger charge is 2.47. The lowest BCUT2D eigenvalue weighted by Gasteiger charge is -2.24. The average Bonchev–Trinajstić information content (AvgIpc) is 2.71. The minimum atomic E-state index is -0.485. The zero-order valence-electron chi connectivity index (χ0n) is 12.1. The summed E-state index contributed by atoms with van der Waals surface area (Å²) in [6.07, 6.45) is 0.659. The second-order valence-corrected chi connectivity index (χ2v) is 5.07. The number of ether oxygens (including phenoxy) is 1. The van der Waals surface area contributed by atoms with E-state index in [0.29, 0.717) is 6.54 Å². The maximum Gasteiger partial charge on any atom is 0.244 e. The van der Waals surface area contributed by atoms with Crippen LogP contribution in [0, 0.1) is 0 Å². The molecule has 1 amide bonds. The second kappa shape index (κ2) is 5.21. The quantitative estimate of drug-likeness (QED) is 0.905. The van der Waals surface area contributed by atoms with E-state index in [1.807, 2.05) is 49.9 Å². The Labute approximate surface area is 114 Å². The molecule has 1 heterocycles. The van der Waals surface area contributed by atoms with Crippen molar-refractivity contribution in [1.82, 2.24) is 10.2 Å². The first-order valence-corrected chi connectivity index (χ1v) is 6.79. The Morgan fingerprint density at radius 1 is 1.37 bits per heavy atom. The van der Waals surface area contributed by atoms with Crippen LogP contribution in [0.2, 0.25) is 0 Å². The number of rotatable bonds is 4. The maximum absolute atomic E-state index is 12.5. The number of nitrogens with one attached hydrogen (secondary N) is 1. The lowest BCUT2D eigenvalue weighted by Crippen LogP contribution is -2.43. The van der Waals surface area contributed by atoms with Crippen LogP contribution in [0.3, 0.4) is 0 Å². The van der Waals surface area contributed by atoms with Crippen molar-refractivity contribution in [2.75, 3.05) is 13.7 Å². The van der Waals surface area contributed by atoms with Gasteiger partial charge in [-0.25, -0.2) is 0 Å². The highest BCUT2D eigenvalue weighted by atomic mass is 16.5. The van der Waals surface area contributed by atoms with Crippen LogP contribution in [0.5, 0.6) is 5.75 Å². The van der Waals surface area contributed by atoms with Crippen LogP contribution < -0.4 is 10.1 Å². The molecule has 4 heteroatoms. The summed E-state index contributed by atoms with van der Waals surface area (Å²) in [5.41, 5.74) is 0.527. The number of benzene rings is 1. The van der Waals surface area contributed by atoms with Gasteiger partial charge in [0.2, 0.25) is 5.91 Å². The number of likely N-dealkylation sites (N-methyl/N-ethyl adjacent to an activating group) is 1. The Kier molecular flexibility index (Phi) is 3.80. The summed E-state index contributed by atoms with van der Waals surface area (Å²) < 4.78 is 5.41. The molecule has 1 aromatic carbocycles. The Morgan fingerprint density at radius 3 is 2.63 bits per heavy atom. The fourth-order valence-corrected chi connectivity index (χ4v) is 2.59. The predicted octanol–water partition coefficient (Wildman–Crippen LogP) is 2.31. The van der Waals surface area contributed by atoms with Crippen LogP contribution in [-0.4, -0.2) is 30.0 Å². The number of methoxy groups -OCH3 is 1. The van der Waals surface area contributed by atoms with Crippen LogP contribution in [0.1, 0.15) is 38.9 Å². The van der Waals surface area contributed by atoms with Crippen molar-refractivity contribution in [3.05, 3.63) is 29.8 Å². The lowest BCUT2D eigenvalue weighted by atomic mass is 9.99. The molecular formula is C15H22N2O2. The van der Waals surface area contributed by atoms with Gasteiger partial charge in [-0.15, -0.1) is 0 Å². The normalized spacial score (nSPS) is 26.8. The molecule has 0 saturated carbocycles. The number of carbonyl (C=O) groups is 1. The molecule has 2 rings (SSSR count). The van der Waals surface area contributed by atoms with Crippen LogP contribution in [0.25, 0.3) is 0 Å². The van der Waals surface area contributed by atoms with Crippen molar-refractivity contribution in [2.24, 2.45) is 0 Å². The van der Waals surface area contributed by atoms with Gasteiger partial charge in [-0.1, -0.05) is 25.1 Å². The Balaban J connectivity index is 2.41. The van der Waals surface area contributed by atoms with Gasteiger partial charge in [0.15, 0.2) is 0 Å². The van der Waals surface area contributed by atoms with Gasteiger partial charge in [0.1, 0.15) is 11.9 Å². The molecule has 1 aliphatic heterocycles. The van der Waals surface area contributed by atoms with E-state index in [0.717, 1.165) is 17.7 Å². The van der Waals surface area contributed by atoms with Gasteiger partial charge < -0.3 is 9.64 Å². The number of para-hydroxylation sites is 1. The van der Waals surface area contributed by atoms with Crippen molar-refractivity contribution in [3.8, 4) is 5.75 Å². The molecule has 1 saturated heterocycles. The zero-order valence-corrected chi connectivity index (χ0v) is 12.1. The van der Waals surface area contributed by atoms with Gasteiger partial charge in [0.05, 0.1) is 12.6 Å². The molecule has 0 radical (unpaired) electrons. The summed E-state index contributed by atoms with van der Waals surface area (Å²) in [4.78, 5) is 14.4. The minimum Gasteiger partial charge on any atom is -0.496 e. The first-order chi connectivity index (χ1) is 9.07. The van der Waals surface area contributed by atoms with Gasteiger partial charge in [0.25, 0.3) is 0 Å². The number of nitrogens with zero attached hydrogens (tertiary/aromatic N) is 1. The third-order valence-electron chi connectivity index (χ3n) is 3.98. The van der Waals surface area contributed by atoms with Crippen LogP contribution in [0.15, 0.2) is 24.3 Å². The van der Waals surface area contributed by atoms with Crippen molar-refractivity contribution in [2.45, 2.75) is 38.9 Å². The van der Waals surface area contributed by atoms with Crippen molar-refractivity contribution < 1.29 is 9.53 Å². The number of hydrogen-bond donors (Lipinski definition) is 1. The van der Waals surface area contributed by atoms with Crippen LogP contribution >= 0.6 is 0 Å². The van der Waals surface area contributed by atoms with Crippen molar-refractivity contribution in [1.29, 1.82) is 0 Å². The minimum absolute atomic E-state index is 0.112. The number of carbonyl (C=O) groups excluding carboxylic acids is 1. The monoisotopic (exact) mass is 262 g/mol. The standard InChI is InChI=1S/C15H22N2O2/c1-5-15(3)14(18)17(6-2)13(16-15)11-9-7-8-10-12(11)19-4/h7-10,13,16H,5-6H2,1-4H3. The molecule has 1 aliphatic rings. The predicted molar refractivity (Wildman–Crippen MR) is 75.0 cm³/mol. The molecule has 1 fully saturated rings. The van der Waals surface area contributed by atoms with E-state index in [9.17, 15) is 4.79 Å². The SMILES string of the molecule is CCN1C(=O)C(C)(CC)NC1c1ccccc1OC. The highest BCUT2D eigenvalue weighted by molar-refractivity contribution is 5.88. The molecule has 0 bridgehead atoms. The van der Waals surface area contributed by atoms with E-state index in [-0.39, 0.29) is 12.1 Å². The summed E-state index contributed by atoms with van der Waals surface area (Å²) in [7, 11) is 1.66. The summed E-state index contributed by atoms with van der Waals surface area (Å²) in [6.45, 7) is 6.68. The third-order valence-corrected chi connectivity index (χ3v) is 3.98. The van der Waals surface area contributed by atoms with E-state index < -0.39 is 5.54 Å². The molecule has 0 aromatic heterocycles. The molecule has 0 aliphatic carbocycles. The molecule has 1 aromatic rings. The van der Waals surface area contributed by atoms with E-state index in [4.69, 9.17) is 4.74 Å². The topological polar surface area (TPSA) is 41.6 Å². The average molecular weight is 262 g/mol. The molecular weight excluding hydrogens is 240 g/mol. The van der Waals surface area contributed by atoms with E-state index >= 15 is 0 Å². The Hall–Kier alpha value is -1.55. The number of hydrogen-bond acceptors (Lipinski definition) is 3. The highest BCUT2D eigenvalue weighted by Crippen LogP contribution is 2.36. The molecule has 4 nitrogen and oxygen atoms in total. The summed E-state index contributed by atoms with van der Waals surface area (Å²) in [6, 6.07) is 7.85. The first-order valence-electron chi connectivity index (χ1n) is 6.79. The van der Waals surface area contributed by atoms with Crippen molar-refractivity contribution in [3.63, 3.8) is 0 Å². The van der Waals surface area contributed by atoms with E-state index in [1.54, 1.807) is 7.11 Å². The van der Waals surface area contributed by atoms with Crippen molar-refractivity contribution >= 4 is 5.91 Å². The molecule has 2 atom stereocenters. The summed E-state index contributed by atoms with van der Waals surface area (Å²) in [5, 5.41) is 3.46. The van der Waals surface area contributed by atoms with Gasteiger partial charge in [-0.3, -0.25) is 10.1 Å². The lowest BCUT2D eigenvalue weighted by molar-refractivity contribution is -0.132. The second-order valence-electron chi connectivity index (χ2n) is 5.07. The van der Waals surface area contributed by atoms with Crippen LogP contribution in [-0.2, 0) is 4.79 Å². The summed E-state index contributed by atoms with van der Waals surface area (Å²) >= 11 is 0. The number of amides is 1. The third kappa shape index (κ3) is 2.21. The summed E-state index contributed by atoms with van der Waals surface area (Å²) in [5.74, 6) is 0.972. The van der Waals surface area contributed by atoms with E-state index in [1.165, 1.54) is 0 Å². The fraction of sp³-hybridized carbons (Fsp3) is 0.533. The molecule has 2 unspecified atom stereocenters. The molecule has 0 spiro atoms. The largest absolute Gasteiger partial charge is 0.496 e. The zero-order chi connectivity index (χ0) is 14.0. The van der Waals surface area contributed by atoms with Gasteiger partial charge in [-0.05, 0) is 26.3 Å². The first kappa shape index (κ1) is 13.9. The van der Waals surface area contributed by atoms with E-state index in [2.05, 4.69) is 5.32 Å². The Bertz CT molecular complexity index is 475. The molecule has 104 valence electrons. The van der Waals surface area contributed by atoms with Crippen LogP contribution in [0.4, 0.5) is 0 Å². The molecule has 1 N–H and O–H groups in total. The van der Waals surface area contributed by atoms with Gasteiger partial charge in [-0.2, -0.15) is 0 Å². The Morgan fingerprint density at radius 2 is 2.05 bits per heavy atom. The van der Waals surface area contributed by atoms with Gasteiger partial charge >= 0.3 is 0 Å². The smallest absolute Gasteiger partial charge is 0.244 e. The molecule has 19 heavy (non-hydrogen) atoms. The maximum atomic E-state index is 12.5. The fourth-order valence-electron chi connectivity index (χ4n) is 2.59. The van der Waals surface area contributed by atoms with Gasteiger partial charge in [0, 0.05) is 12.1 Å².